The first-order valence-electron chi connectivity index (χ1n) is 10.1. The second-order valence-corrected chi connectivity index (χ2v) is 7.93. The van der Waals surface area contributed by atoms with Gasteiger partial charge in [0.05, 0.1) is 5.92 Å². The van der Waals surface area contributed by atoms with Crippen molar-refractivity contribution in [1.82, 2.24) is 24.8 Å². The number of carboxylic acid groups (broad SMARTS) is 1. The second-order valence-electron chi connectivity index (χ2n) is 7.93. The lowest BCUT2D eigenvalue weighted by molar-refractivity contribution is -0.138. The van der Waals surface area contributed by atoms with Crippen LogP contribution in [0.4, 0.5) is 17.5 Å². The molecule has 2 aromatic heterocycles. The van der Waals surface area contributed by atoms with Gasteiger partial charge in [0.25, 0.3) is 0 Å². The van der Waals surface area contributed by atoms with Crippen LogP contribution in [0.1, 0.15) is 17.9 Å². The zero-order chi connectivity index (χ0) is 20.7. The van der Waals surface area contributed by atoms with Crippen LogP contribution in [0, 0.1) is 5.92 Å². The highest BCUT2D eigenvalue weighted by Crippen LogP contribution is 2.48. The number of piperazine rings is 1. The maximum Gasteiger partial charge on any atom is 0.307 e. The lowest BCUT2D eigenvalue weighted by Crippen LogP contribution is -2.45. The van der Waals surface area contributed by atoms with E-state index in [1.807, 2.05) is 24.3 Å². The lowest BCUT2D eigenvalue weighted by atomic mass is 10.1. The van der Waals surface area contributed by atoms with Gasteiger partial charge in [0.1, 0.15) is 0 Å². The number of nitrogens with one attached hydrogen (secondary N) is 1. The average molecular weight is 405 g/mol. The van der Waals surface area contributed by atoms with Crippen LogP contribution in [-0.4, -0.2) is 69.1 Å². The van der Waals surface area contributed by atoms with Gasteiger partial charge in [-0.2, -0.15) is 9.97 Å². The molecular weight excluding hydrogens is 382 g/mol. The highest BCUT2D eigenvalue weighted by Gasteiger charge is 2.44. The van der Waals surface area contributed by atoms with Crippen molar-refractivity contribution in [1.29, 1.82) is 0 Å². The molecule has 9 heteroatoms. The summed E-state index contributed by atoms with van der Waals surface area (Å²) in [4.78, 5) is 33.9. The van der Waals surface area contributed by atoms with Crippen molar-refractivity contribution in [2.45, 2.75) is 12.3 Å². The predicted molar refractivity (Wildman–Crippen MR) is 113 cm³/mol. The molecule has 2 aliphatic rings. The SMILES string of the molecule is CN1CCN(c2nc(Nc3cccc(C4C[C@H]4C(=O)O)c3)c3nccnc3n2)CC1. The van der Waals surface area contributed by atoms with Crippen LogP contribution in [0.5, 0.6) is 0 Å². The minimum absolute atomic E-state index is 0.0760. The molecular formula is C21H23N7O2. The summed E-state index contributed by atoms with van der Waals surface area (Å²) in [6.07, 6.45) is 3.95. The smallest absolute Gasteiger partial charge is 0.307 e. The van der Waals surface area contributed by atoms with E-state index in [0.29, 0.717) is 29.4 Å². The number of rotatable bonds is 5. The Kier molecular flexibility index (Phi) is 4.66. The van der Waals surface area contributed by atoms with Gasteiger partial charge < -0.3 is 20.2 Å². The number of anilines is 3. The molecule has 0 radical (unpaired) electrons. The number of aliphatic carboxylic acids is 1. The van der Waals surface area contributed by atoms with Crippen LogP contribution in [0.25, 0.3) is 11.2 Å². The molecule has 2 N–H and O–H groups in total. The van der Waals surface area contributed by atoms with Gasteiger partial charge in [0.15, 0.2) is 17.0 Å². The molecule has 2 atom stereocenters. The van der Waals surface area contributed by atoms with Crippen molar-refractivity contribution >= 4 is 34.6 Å². The van der Waals surface area contributed by atoms with E-state index >= 15 is 0 Å². The number of likely N-dealkylation sites (N-methyl/N-ethyl adjacent to an activating group) is 1. The minimum atomic E-state index is -0.729. The van der Waals surface area contributed by atoms with E-state index in [1.165, 1.54) is 0 Å². The second kappa shape index (κ2) is 7.49. The van der Waals surface area contributed by atoms with Crippen molar-refractivity contribution in [2.24, 2.45) is 5.92 Å². The number of benzene rings is 1. The van der Waals surface area contributed by atoms with Crippen molar-refractivity contribution in [3.8, 4) is 0 Å². The van der Waals surface area contributed by atoms with Crippen LogP contribution in [-0.2, 0) is 4.79 Å². The Hall–Kier alpha value is -3.33. The van der Waals surface area contributed by atoms with E-state index in [9.17, 15) is 9.90 Å². The Balaban J connectivity index is 1.46. The third-order valence-corrected chi connectivity index (χ3v) is 5.79. The number of carbonyl (C=O) groups is 1. The third kappa shape index (κ3) is 3.63. The number of hydrogen-bond donors (Lipinski definition) is 2. The molecule has 0 amide bonds. The van der Waals surface area contributed by atoms with Gasteiger partial charge in [-0.3, -0.25) is 4.79 Å². The summed E-state index contributed by atoms with van der Waals surface area (Å²) in [5.41, 5.74) is 3.03. The summed E-state index contributed by atoms with van der Waals surface area (Å²) < 4.78 is 0. The predicted octanol–water partition coefficient (Wildman–Crippen LogP) is 2.10. The maximum atomic E-state index is 11.2. The topological polar surface area (TPSA) is 107 Å². The molecule has 3 heterocycles. The normalized spacial score (nSPS) is 21.6. The Morgan fingerprint density at radius 1 is 1.13 bits per heavy atom. The third-order valence-electron chi connectivity index (χ3n) is 5.79. The van der Waals surface area contributed by atoms with E-state index in [0.717, 1.165) is 37.4 Å². The number of fused-ring (bicyclic) bond motifs is 1. The molecule has 154 valence electrons. The molecule has 1 unspecified atom stereocenters. The van der Waals surface area contributed by atoms with Crippen molar-refractivity contribution in [3.63, 3.8) is 0 Å². The zero-order valence-electron chi connectivity index (χ0n) is 16.7. The van der Waals surface area contributed by atoms with E-state index in [2.05, 4.69) is 37.1 Å². The van der Waals surface area contributed by atoms with Crippen molar-refractivity contribution in [3.05, 3.63) is 42.2 Å². The van der Waals surface area contributed by atoms with Crippen LogP contribution in [0.2, 0.25) is 0 Å². The summed E-state index contributed by atoms with van der Waals surface area (Å²) >= 11 is 0. The first-order chi connectivity index (χ1) is 14.6. The van der Waals surface area contributed by atoms with Crippen molar-refractivity contribution in [2.75, 3.05) is 43.4 Å². The Morgan fingerprint density at radius 2 is 1.93 bits per heavy atom. The Labute approximate surface area is 173 Å². The van der Waals surface area contributed by atoms with Crippen molar-refractivity contribution < 1.29 is 9.90 Å². The largest absolute Gasteiger partial charge is 0.481 e. The van der Waals surface area contributed by atoms with Gasteiger partial charge in [-0.1, -0.05) is 12.1 Å². The molecule has 3 aromatic rings. The summed E-state index contributed by atoms with van der Waals surface area (Å²) in [5.74, 6) is 0.307. The molecule has 1 saturated carbocycles. The summed E-state index contributed by atoms with van der Waals surface area (Å²) in [7, 11) is 2.11. The molecule has 1 aliphatic carbocycles. The highest BCUT2D eigenvalue weighted by molar-refractivity contribution is 5.85. The molecule has 1 aliphatic heterocycles. The van der Waals surface area contributed by atoms with E-state index < -0.39 is 5.97 Å². The van der Waals surface area contributed by atoms with E-state index in [4.69, 9.17) is 4.98 Å². The van der Waals surface area contributed by atoms with Crippen LogP contribution in [0.3, 0.4) is 0 Å². The number of aromatic nitrogens is 4. The van der Waals surface area contributed by atoms with Gasteiger partial charge in [-0.25, -0.2) is 9.97 Å². The maximum absolute atomic E-state index is 11.2. The van der Waals surface area contributed by atoms with E-state index in [1.54, 1.807) is 12.4 Å². The Bertz CT molecular complexity index is 1100. The fraction of sp³-hybridized carbons (Fsp3) is 0.381. The first kappa shape index (κ1) is 18.7. The number of hydrogen-bond acceptors (Lipinski definition) is 8. The van der Waals surface area contributed by atoms with Gasteiger partial charge in [-0.05, 0) is 37.1 Å². The minimum Gasteiger partial charge on any atom is -0.481 e. The van der Waals surface area contributed by atoms with Gasteiger partial charge in [0.2, 0.25) is 5.95 Å². The van der Waals surface area contributed by atoms with Gasteiger partial charge in [0, 0.05) is 44.3 Å². The molecule has 1 aromatic carbocycles. The number of carboxylic acids is 1. The lowest BCUT2D eigenvalue weighted by Gasteiger charge is -2.32. The van der Waals surface area contributed by atoms with E-state index in [-0.39, 0.29) is 11.8 Å². The summed E-state index contributed by atoms with van der Waals surface area (Å²) in [6, 6.07) is 7.85. The number of nitrogens with zero attached hydrogens (tertiary/aromatic N) is 6. The first-order valence-corrected chi connectivity index (χ1v) is 10.1. The Morgan fingerprint density at radius 3 is 2.70 bits per heavy atom. The molecule has 0 spiro atoms. The summed E-state index contributed by atoms with van der Waals surface area (Å²) in [5, 5.41) is 12.6. The average Bonchev–Trinajstić information content (AvgIpc) is 3.56. The fourth-order valence-electron chi connectivity index (χ4n) is 3.91. The van der Waals surface area contributed by atoms with Gasteiger partial charge >= 0.3 is 5.97 Å². The fourth-order valence-corrected chi connectivity index (χ4v) is 3.91. The van der Waals surface area contributed by atoms with Crippen LogP contribution >= 0.6 is 0 Å². The van der Waals surface area contributed by atoms with Crippen LogP contribution < -0.4 is 10.2 Å². The standard InChI is InChI=1S/C21H23N7O2/c1-27-7-9-28(10-8-27)21-25-18-17(22-5-6-23-18)19(26-21)24-14-4-2-3-13(11-14)15-12-16(15)20(29)30/h2-6,11,15-16H,7-10,12H2,1H3,(H,29,30)(H,23,24,25,26)/t15?,16-/m1/s1. The monoisotopic (exact) mass is 405 g/mol. The quantitative estimate of drug-likeness (QED) is 0.660. The molecule has 2 fully saturated rings. The molecule has 0 bridgehead atoms. The van der Waals surface area contributed by atoms with Crippen LogP contribution in [0.15, 0.2) is 36.7 Å². The molecule has 9 nitrogen and oxygen atoms in total. The molecule has 5 rings (SSSR count). The molecule has 30 heavy (non-hydrogen) atoms. The zero-order valence-corrected chi connectivity index (χ0v) is 16.7. The summed E-state index contributed by atoms with van der Waals surface area (Å²) in [6.45, 7) is 3.63. The molecule has 1 saturated heterocycles. The van der Waals surface area contributed by atoms with Gasteiger partial charge in [-0.15, -0.1) is 0 Å². The highest BCUT2D eigenvalue weighted by atomic mass is 16.4.